The Labute approximate surface area is 139 Å². The van der Waals surface area contributed by atoms with Crippen LogP contribution < -0.4 is 9.03 Å². The highest BCUT2D eigenvalue weighted by atomic mass is 35.5. The molecule has 0 fully saturated rings. The number of nitrogens with one attached hydrogen (secondary N) is 1. The summed E-state index contributed by atoms with van der Waals surface area (Å²) in [4.78, 5) is 15.4. The molecule has 1 aromatic rings. The van der Waals surface area contributed by atoms with Crippen LogP contribution in [-0.2, 0) is 14.9 Å². The molecular weight excluding hydrogens is 353 g/mol. The Morgan fingerprint density at radius 2 is 2.09 bits per heavy atom. The molecule has 0 aliphatic carbocycles. The number of halogens is 2. The molecule has 0 aromatic carbocycles. The van der Waals surface area contributed by atoms with E-state index in [2.05, 4.69) is 4.98 Å². The van der Waals surface area contributed by atoms with Crippen molar-refractivity contribution in [1.82, 2.24) is 9.71 Å². The van der Waals surface area contributed by atoms with Crippen molar-refractivity contribution in [1.29, 1.82) is 0 Å². The van der Waals surface area contributed by atoms with Gasteiger partial charge in [-0.2, -0.15) is 8.42 Å². The number of carbonyl (C=O) groups excluding carboxylic acids is 1. The second-order valence-corrected chi connectivity index (χ2v) is 7.57. The molecule has 0 aliphatic rings. The van der Waals surface area contributed by atoms with Gasteiger partial charge in [0, 0.05) is 18.6 Å². The monoisotopic (exact) mass is 369 g/mol. The fourth-order valence-corrected chi connectivity index (χ4v) is 2.99. The second-order valence-electron chi connectivity index (χ2n) is 5.21. The van der Waals surface area contributed by atoms with Crippen molar-refractivity contribution in [2.75, 3.05) is 16.7 Å². The van der Waals surface area contributed by atoms with E-state index in [4.69, 9.17) is 27.9 Å². The van der Waals surface area contributed by atoms with E-state index in [1.807, 2.05) is 4.72 Å². The molecule has 22 heavy (non-hydrogen) atoms. The van der Waals surface area contributed by atoms with Gasteiger partial charge >= 0.3 is 16.3 Å². The molecule has 0 unspecified atom stereocenters. The predicted octanol–water partition coefficient (Wildman–Crippen LogP) is 2.55. The molecule has 1 heterocycles. The molecular formula is C12H17Cl2N3O4S. The standard InChI is InChI=1S/C12H17Cl2N3O4S/c1-12(2,3)21-11(18)16-22(19,20)17(7-5-13)9-4-6-15-10(14)8-9/h4,6,8H,5,7H2,1-3H3,(H,16,18). The maximum absolute atomic E-state index is 12.3. The Bertz CT molecular complexity index is 632. The number of anilines is 1. The first kappa shape index (κ1) is 18.8. The number of rotatable bonds is 5. The number of hydrogen-bond acceptors (Lipinski definition) is 5. The summed E-state index contributed by atoms with van der Waals surface area (Å²) in [6.07, 6.45) is 0.272. The van der Waals surface area contributed by atoms with Crippen LogP contribution in [0.2, 0.25) is 5.15 Å². The molecule has 0 saturated heterocycles. The summed E-state index contributed by atoms with van der Waals surface area (Å²) in [7, 11) is -4.19. The highest BCUT2D eigenvalue weighted by molar-refractivity contribution is 7.91. The van der Waals surface area contributed by atoms with Gasteiger partial charge in [-0.15, -0.1) is 11.6 Å². The van der Waals surface area contributed by atoms with Crippen LogP contribution in [0.25, 0.3) is 0 Å². The summed E-state index contributed by atoms with van der Waals surface area (Å²) < 4.78 is 32.3. The van der Waals surface area contributed by atoms with Gasteiger partial charge in [0.15, 0.2) is 0 Å². The minimum absolute atomic E-state index is 0.0230. The van der Waals surface area contributed by atoms with Crippen LogP contribution in [0, 0.1) is 0 Å². The van der Waals surface area contributed by atoms with E-state index in [1.54, 1.807) is 20.8 Å². The molecule has 1 rings (SSSR count). The number of ether oxygens (including phenoxy) is 1. The van der Waals surface area contributed by atoms with Crippen molar-refractivity contribution < 1.29 is 17.9 Å². The molecule has 0 atom stereocenters. The van der Waals surface area contributed by atoms with E-state index in [9.17, 15) is 13.2 Å². The average molecular weight is 370 g/mol. The molecule has 0 spiro atoms. The van der Waals surface area contributed by atoms with Gasteiger partial charge in [0.2, 0.25) is 0 Å². The van der Waals surface area contributed by atoms with Crippen LogP contribution in [0.15, 0.2) is 18.3 Å². The van der Waals surface area contributed by atoms with Crippen molar-refractivity contribution in [3.8, 4) is 0 Å². The Morgan fingerprint density at radius 3 is 2.59 bits per heavy atom. The average Bonchev–Trinajstić information content (AvgIpc) is 2.32. The van der Waals surface area contributed by atoms with Crippen molar-refractivity contribution in [3.05, 3.63) is 23.5 Å². The summed E-state index contributed by atoms with van der Waals surface area (Å²) in [5.74, 6) is 0.0230. The molecule has 124 valence electrons. The highest BCUT2D eigenvalue weighted by Gasteiger charge is 2.27. The number of carbonyl (C=O) groups is 1. The van der Waals surface area contributed by atoms with Gasteiger partial charge in [0.05, 0.1) is 5.69 Å². The lowest BCUT2D eigenvalue weighted by Gasteiger charge is -2.25. The van der Waals surface area contributed by atoms with E-state index in [1.165, 1.54) is 18.3 Å². The molecule has 0 aliphatic heterocycles. The van der Waals surface area contributed by atoms with Crippen LogP contribution in [0.1, 0.15) is 20.8 Å². The maximum atomic E-state index is 12.3. The van der Waals surface area contributed by atoms with E-state index < -0.39 is 21.9 Å². The van der Waals surface area contributed by atoms with E-state index in [-0.39, 0.29) is 23.3 Å². The minimum atomic E-state index is -4.19. The van der Waals surface area contributed by atoms with Crippen LogP contribution >= 0.6 is 23.2 Å². The summed E-state index contributed by atoms with van der Waals surface area (Å²) in [6.45, 7) is 4.81. The lowest BCUT2D eigenvalue weighted by Crippen LogP contribution is -2.46. The van der Waals surface area contributed by atoms with Gasteiger partial charge in [-0.05, 0) is 32.9 Å². The first-order valence-corrected chi connectivity index (χ1v) is 8.61. The topological polar surface area (TPSA) is 88.6 Å². The Hall–Kier alpha value is -1.25. The smallest absolute Gasteiger partial charge is 0.422 e. The van der Waals surface area contributed by atoms with Crippen LogP contribution in [0.4, 0.5) is 10.5 Å². The van der Waals surface area contributed by atoms with Gasteiger partial charge in [0.25, 0.3) is 0 Å². The van der Waals surface area contributed by atoms with E-state index >= 15 is 0 Å². The molecule has 1 aromatic heterocycles. The normalized spacial score (nSPS) is 11.9. The van der Waals surface area contributed by atoms with Crippen LogP contribution in [0.3, 0.4) is 0 Å². The summed E-state index contributed by atoms with van der Waals surface area (Å²) >= 11 is 11.4. The van der Waals surface area contributed by atoms with Crippen molar-refractivity contribution in [2.24, 2.45) is 0 Å². The molecule has 1 N–H and O–H groups in total. The number of aromatic nitrogens is 1. The van der Waals surface area contributed by atoms with E-state index in [0.29, 0.717) is 0 Å². The number of amides is 1. The lowest BCUT2D eigenvalue weighted by molar-refractivity contribution is 0.0570. The first-order chi connectivity index (χ1) is 10.0. The largest absolute Gasteiger partial charge is 0.443 e. The number of hydrogen-bond donors (Lipinski definition) is 1. The summed E-state index contributed by atoms with van der Waals surface area (Å²) in [5.41, 5.74) is -0.589. The summed E-state index contributed by atoms with van der Waals surface area (Å²) in [6, 6.07) is 2.79. The highest BCUT2D eigenvalue weighted by Crippen LogP contribution is 2.20. The molecule has 10 heteroatoms. The van der Waals surface area contributed by atoms with Gasteiger partial charge in [-0.3, -0.25) is 4.31 Å². The quantitative estimate of drug-likeness (QED) is 0.636. The number of alkyl halides is 1. The molecule has 0 saturated carbocycles. The van der Waals surface area contributed by atoms with E-state index in [0.717, 1.165) is 4.31 Å². The zero-order valence-electron chi connectivity index (χ0n) is 12.3. The van der Waals surface area contributed by atoms with Crippen molar-refractivity contribution >= 4 is 45.2 Å². The minimum Gasteiger partial charge on any atom is -0.443 e. The number of pyridine rings is 1. The zero-order chi connectivity index (χ0) is 17.0. The molecule has 1 amide bonds. The third kappa shape index (κ3) is 5.86. The lowest BCUT2D eigenvalue weighted by atomic mass is 10.2. The van der Waals surface area contributed by atoms with Crippen molar-refractivity contribution in [2.45, 2.75) is 26.4 Å². The predicted molar refractivity (Wildman–Crippen MR) is 85.6 cm³/mol. The fourth-order valence-electron chi connectivity index (χ4n) is 1.47. The summed E-state index contributed by atoms with van der Waals surface area (Å²) in [5, 5.41) is 0.115. The molecule has 7 nitrogen and oxygen atoms in total. The first-order valence-electron chi connectivity index (χ1n) is 6.26. The van der Waals surface area contributed by atoms with Crippen LogP contribution in [0.5, 0.6) is 0 Å². The third-order valence-electron chi connectivity index (χ3n) is 2.19. The number of nitrogens with zero attached hydrogens (tertiary/aromatic N) is 2. The Balaban J connectivity index is 3.01. The Morgan fingerprint density at radius 1 is 1.45 bits per heavy atom. The second kappa shape index (κ2) is 7.34. The Kier molecular flexibility index (Phi) is 6.27. The molecule has 0 radical (unpaired) electrons. The SMILES string of the molecule is CC(C)(C)OC(=O)NS(=O)(=O)N(CCCl)c1ccnc(Cl)c1. The van der Waals surface area contributed by atoms with Gasteiger partial charge in [0.1, 0.15) is 10.8 Å². The molecule has 0 bridgehead atoms. The van der Waals surface area contributed by atoms with Gasteiger partial charge in [-0.1, -0.05) is 11.6 Å². The van der Waals surface area contributed by atoms with Gasteiger partial charge < -0.3 is 4.74 Å². The third-order valence-corrected chi connectivity index (χ3v) is 3.96. The van der Waals surface area contributed by atoms with Crippen molar-refractivity contribution in [3.63, 3.8) is 0 Å². The van der Waals surface area contributed by atoms with Gasteiger partial charge in [-0.25, -0.2) is 14.5 Å². The zero-order valence-corrected chi connectivity index (χ0v) is 14.7. The fraction of sp³-hybridized carbons (Fsp3) is 0.500. The van der Waals surface area contributed by atoms with Crippen LogP contribution in [-0.4, -0.2) is 37.5 Å². The maximum Gasteiger partial charge on any atom is 0.422 e.